The van der Waals surface area contributed by atoms with Crippen LogP contribution in [0.5, 0.6) is 0 Å². The number of carbonyl (C=O) groups is 1. The van der Waals surface area contributed by atoms with Gasteiger partial charge in [-0.15, -0.1) is 10.2 Å². The van der Waals surface area contributed by atoms with E-state index in [1.165, 1.54) is 22.7 Å². The number of hydrogen-bond acceptors (Lipinski definition) is 6. The van der Waals surface area contributed by atoms with Crippen LogP contribution >= 0.6 is 0 Å². The molecular formula is C16H14F2N4O4S. The number of pyridine rings is 1. The summed E-state index contributed by atoms with van der Waals surface area (Å²) in [6, 6.07) is 5.24. The number of nitrogens with zero attached hydrogens (tertiary/aromatic N) is 4. The van der Waals surface area contributed by atoms with Gasteiger partial charge in [-0.05, 0) is 31.2 Å². The molecule has 3 rings (SSSR count). The van der Waals surface area contributed by atoms with E-state index in [2.05, 4.69) is 14.9 Å². The maximum Gasteiger partial charge on any atom is 0.326 e. The molecule has 8 nitrogen and oxygen atoms in total. The van der Waals surface area contributed by atoms with Gasteiger partial charge in [0.15, 0.2) is 17.3 Å². The van der Waals surface area contributed by atoms with Crippen molar-refractivity contribution in [2.45, 2.75) is 11.8 Å². The molecule has 0 saturated carbocycles. The first-order valence-corrected chi connectivity index (χ1v) is 9.04. The highest BCUT2D eigenvalue weighted by atomic mass is 32.2. The number of benzene rings is 1. The van der Waals surface area contributed by atoms with Crippen molar-refractivity contribution in [3.8, 4) is 0 Å². The van der Waals surface area contributed by atoms with Crippen molar-refractivity contribution < 1.29 is 26.7 Å². The first-order chi connectivity index (χ1) is 12.7. The van der Waals surface area contributed by atoms with Gasteiger partial charge in [-0.1, -0.05) is 0 Å². The van der Waals surface area contributed by atoms with Gasteiger partial charge >= 0.3 is 5.97 Å². The molecule has 0 bridgehead atoms. The monoisotopic (exact) mass is 396 g/mol. The van der Waals surface area contributed by atoms with Gasteiger partial charge < -0.3 is 4.74 Å². The van der Waals surface area contributed by atoms with Crippen LogP contribution < -0.4 is 4.31 Å². The molecule has 1 aromatic carbocycles. The SMILES string of the molecule is COC(=O)CN(c1ccc(F)c(F)c1)S(=O)(=O)c1ccc2nnc(C)n2c1. The third-order valence-electron chi connectivity index (χ3n) is 3.83. The molecule has 0 aliphatic heterocycles. The average molecular weight is 396 g/mol. The maximum absolute atomic E-state index is 13.6. The summed E-state index contributed by atoms with van der Waals surface area (Å²) in [7, 11) is -3.22. The smallest absolute Gasteiger partial charge is 0.326 e. The molecule has 0 spiro atoms. The number of methoxy groups -OCH3 is 1. The minimum absolute atomic E-state index is 0.188. The van der Waals surface area contributed by atoms with Gasteiger partial charge in [-0.2, -0.15) is 0 Å². The summed E-state index contributed by atoms with van der Waals surface area (Å²) in [4.78, 5) is 11.5. The van der Waals surface area contributed by atoms with Crippen LogP contribution in [-0.2, 0) is 19.6 Å². The number of rotatable bonds is 5. The maximum atomic E-state index is 13.6. The van der Waals surface area contributed by atoms with E-state index in [4.69, 9.17) is 0 Å². The molecule has 2 aromatic heterocycles. The molecule has 11 heteroatoms. The first-order valence-electron chi connectivity index (χ1n) is 7.60. The number of aryl methyl sites for hydroxylation is 1. The highest BCUT2D eigenvalue weighted by Gasteiger charge is 2.29. The van der Waals surface area contributed by atoms with Crippen molar-refractivity contribution in [3.05, 3.63) is 54.0 Å². The predicted molar refractivity (Wildman–Crippen MR) is 90.6 cm³/mol. The molecule has 0 N–H and O–H groups in total. The Bertz CT molecular complexity index is 1130. The summed E-state index contributed by atoms with van der Waals surface area (Å²) in [6.07, 6.45) is 1.28. The average Bonchev–Trinajstić information content (AvgIpc) is 3.02. The van der Waals surface area contributed by atoms with Crippen molar-refractivity contribution in [1.29, 1.82) is 0 Å². The summed E-state index contributed by atoms with van der Waals surface area (Å²) >= 11 is 0. The van der Waals surface area contributed by atoms with Gasteiger partial charge in [0.1, 0.15) is 17.3 Å². The number of aromatic nitrogens is 3. The highest BCUT2D eigenvalue weighted by molar-refractivity contribution is 7.92. The fourth-order valence-electron chi connectivity index (χ4n) is 2.40. The summed E-state index contributed by atoms with van der Waals surface area (Å²) in [5.41, 5.74) is 0.207. The molecule has 0 radical (unpaired) electrons. The molecule has 0 amide bonds. The van der Waals surface area contributed by atoms with Crippen molar-refractivity contribution in [2.24, 2.45) is 0 Å². The number of hydrogen-bond donors (Lipinski definition) is 0. The minimum atomic E-state index is -4.31. The van der Waals surface area contributed by atoms with Crippen molar-refractivity contribution in [3.63, 3.8) is 0 Å². The number of halogens is 2. The minimum Gasteiger partial charge on any atom is -0.468 e. The van der Waals surface area contributed by atoms with E-state index >= 15 is 0 Å². The quantitative estimate of drug-likeness (QED) is 0.609. The van der Waals surface area contributed by atoms with Gasteiger partial charge in [-0.25, -0.2) is 17.2 Å². The first kappa shape index (κ1) is 18.7. The van der Waals surface area contributed by atoms with Gasteiger partial charge in [-0.3, -0.25) is 13.5 Å². The topological polar surface area (TPSA) is 93.9 Å². The fourth-order valence-corrected chi connectivity index (χ4v) is 3.80. The molecule has 27 heavy (non-hydrogen) atoms. The molecule has 2 heterocycles. The van der Waals surface area contributed by atoms with Crippen LogP contribution in [0.4, 0.5) is 14.5 Å². The Balaban J connectivity index is 2.14. The number of fused-ring (bicyclic) bond motifs is 1. The Hall–Kier alpha value is -3.08. The van der Waals surface area contributed by atoms with E-state index in [1.807, 2.05) is 0 Å². The molecule has 3 aromatic rings. The zero-order valence-corrected chi connectivity index (χ0v) is 15.1. The van der Waals surface area contributed by atoms with Crippen LogP contribution in [0.1, 0.15) is 5.82 Å². The lowest BCUT2D eigenvalue weighted by atomic mass is 10.3. The second kappa shape index (κ2) is 6.91. The number of ether oxygens (including phenoxy) is 1. The lowest BCUT2D eigenvalue weighted by Crippen LogP contribution is -2.36. The highest BCUT2D eigenvalue weighted by Crippen LogP contribution is 2.25. The number of sulfonamides is 1. The van der Waals surface area contributed by atoms with Crippen LogP contribution in [0, 0.1) is 18.6 Å². The number of anilines is 1. The van der Waals surface area contributed by atoms with Gasteiger partial charge in [0.05, 0.1) is 12.8 Å². The van der Waals surface area contributed by atoms with Crippen molar-refractivity contribution in [2.75, 3.05) is 18.0 Å². The van der Waals surface area contributed by atoms with Crippen molar-refractivity contribution >= 4 is 27.3 Å². The third-order valence-corrected chi connectivity index (χ3v) is 5.58. The lowest BCUT2D eigenvalue weighted by molar-refractivity contribution is -0.138. The van der Waals surface area contributed by atoms with Gasteiger partial charge in [0, 0.05) is 12.3 Å². The Morgan fingerprint density at radius 1 is 1.19 bits per heavy atom. The normalized spacial score (nSPS) is 11.6. The summed E-state index contributed by atoms with van der Waals surface area (Å²) in [5.74, 6) is -2.81. The molecule has 142 valence electrons. The van der Waals surface area contributed by atoms with E-state index in [9.17, 15) is 22.0 Å². The van der Waals surface area contributed by atoms with E-state index in [1.54, 1.807) is 6.92 Å². The zero-order valence-electron chi connectivity index (χ0n) is 14.3. The Morgan fingerprint density at radius 3 is 2.59 bits per heavy atom. The second-order valence-electron chi connectivity index (χ2n) is 5.53. The standard InChI is InChI=1S/C16H14F2N4O4S/c1-10-19-20-15-6-4-12(8-21(10)15)27(24,25)22(9-16(23)26-2)11-3-5-13(17)14(18)7-11/h3-8H,9H2,1-2H3. The van der Waals surface area contributed by atoms with Crippen LogP contribution in [-0.4, -0.2) is 42.6 Å². The number of esters is 1. The molecule has 0 aliphatic carbocycles. The predicted octanol–water partition coefficient (Wildman–Crippen LogP) is 1.68. The molecule has 0 aliphatic rings. The molecule has 0 unspecified atom stereocenters. The van der Waals surface area contributed by atoms with E-state index < -0.39 is 34.2 Å². The second-order valence-corrected chi connectivity index (χ2v) is 7.39. The molecule has 0 saturated heterocycles. The summed E-state index contributed by atoms with van der Waals surface area (Å²) < 4.78 is 59.7. The number of carbonyl (C=O) groups excluding carboxylic acids is 1. The Labute approximate surface area is 153 Å². The van der Waals surface area contributed by atoms with E-state index in [0.29, 0.717) is 21.8 Å². The Kier molecular flexibility index (Phi) is 4.79. The van der Waals surface area contributed by atoms with Gasteiger partial charge in [0.25, 0.3) is 10.0 Å². The van der Waals surface area contributed by atoms with Gasteiger partial charge in [0.2, 0.25) is 0 Å². The molecular weight excluding hydrogens is 382 g/mol. The van der Waals surface area contributed by atoms with Crippen LogP contribution in [0.2, 0.25) is 0 Å². The largest absolute Gasteiger partial charge is 0.468 e. The van der Waals surface area contributed by atoms with Crippen LogP contribution in [0.15, 0.2) is 41.4 Å². The van der Waals surface area contributed by atoms with E-state index in [0.717, 1.165) is 19.2 Å². The fraction of sp³-hybridized carbons (Fsp3) is 0.188. The Morgan fingerprint density at radius 2 is 1.93 bits per heavy atom. The van der Waals surface area contributed by atoms with E-state index in [-0.39, 0.29) is 10.6 Å². The van der Waals surface area contributed by atoms with Crippen LogP contribution in [0.3, 0.4) is 0 Å². The summed E-state index contributed by atoms with van der Waals surface area (Å²) in [5, 5.41) is 7.71. The molecule has 0 fully saturated rings. The third kappa shape index (κ3) is 3.45. The van der Waals surface area contributed by atoms with Crippen molar-refractivity contribution in [1.82, 2.24) is 14.6 Å². The summed E-state index contributed by atoms with van der Waals surface area (Å²) in [6.45, 7) is 0.918. The van der Waals surface area contributed by atoms with Crippen LogP contribution in [0.25, 0.3) is 5.65 Å². The lowest BCUT2D eigenvalue weighted by Gasteiger charge is -2.23. The molecule has 0 atom stereocenters. The zero-order chi connectivity index (χ0) is 19.8.